The minimum absolute atomic E-state index is 0.202. The van der Waals surface area contributed by atoms with E-state index in [0.29, 0.717) is 0 Å². The van der Waals surface area contributed by atoms with Crippen LogP contribution in [0.1, 0.15) is 43.0 Å². The van der Waals surface area contributed by atoms with Gasteiger partial charge in [0.2, 0.25) is 5.69 Å². The van der Waals surface area contributed by atoms with E-state index in [0.717, 1.165) is 0 Å². The lowest BCUT2D eigenvalue weighted by Gasteiger charge is -2.20. The highest BCUT2D eigenvalue weighted by Gasteiger charge is 2.20. The van der Waals surface area contributed by atoms with E-state index in [4.69, 9.17) is 0 Å². The van der Waals surface area contributed by atoms with Crippen molar-refractivity contribution in [2.24, 2.45) is 7.05 Å². The molecule has 0 spiro atoms. The van der Waals surface area contributed by atoms with E-state index >= 15 is 0 Å². The van der Waals surface area contributed by atoms with Gasteiger partial charge in [-0.1, -0.05) is 32.9 Å². The molecular weight excluding hydrogens is 242 g/mol. The van der Waals surface area contributed by atoms with E-state index in [1.807, 2.05) is 0 Å². The molecule has 0 aliphatic heterocycles. The van der Waals surface area contributed by atoms with Crippen molar-refractivity contribution >= 4 is 0 Å². The van der Waals surface area contributed by atoms with Gasteiger partial charge >= 0.3 is 0 Å². The summed E-state index contributed by atoms with van der Waals surface area (Å²) in [6, 6.07) is 9.05. The summed E-state index contributed by atoms with van der Waals surface area (Å²) in [6.45, 7) is 13.4. The molecule has 2 rings (SSSR count). The third-order valence-corrected chi connectivity index (χ3v) is 4.20. The van der Waals surface area contributed by atoms with Crippen molar-refractivity contribution in [2.45, 2.75) is 47.0 Å². The summed E-state index contributed by atoms with van der Waals surface area (Å²) in [4.78, 5) is 0. The number of hydrogen-bond donors (Lipinski definition) is 0. The molecule has 0 saturated carbocycles. The summed E-state index contributed by atoms with van der Waals surface area (Å²) in [5.41, 5.74) is 8.31. The van der Waals surface area contributed by atoms with Crippen molar-refractivity contribution in [1.82, 2.24) is 0 Å². The number of pyridine rings is 1. The Hall–Kier alpha value is -1.63. The van der Waals surface area contributed by atoms with Crippen LogP contribution in [0, 0.1) is 20.8 Å². The van der Waals surface area contributed by atoms with Crippen molar-refractivity contribution in [1.29, 1.82) is 0 Å². The maximum Gasteiger partial charge on any atom is 0.215 e. The van der Waals surface area contributed by atoms with Gasteiger partial charge in [-0.3, -0.25) is 0 Å². The van der Waals surface area contributed by atoms with Crippen molar-refractivity contribution in [3.05, 3.63) is 52.7 Å². The number of aromatic nitrogens is 1. The van der Waals surface area contributed by atoms with Crippen LogP contribution in [0.25, 0.3) is 11.3 Å². The average Bonchev–Trinajstić information content (AvgIpc) is 2.35. The molecule has 1 aromatic carbocycles. The molecule has 0 fully saturated rings. The van der Waals surface area contributed by atoms with Gasteiger partial charge in [-0.25, -0.2) is 4.57 Å². The van der Waals surface area contributed by atoms with Crippen LogP contribution in [0.3, 0.4) is 0 Å². The zero-order valence-electron chi connectivity index (χ0n) is 13.8. The lowest BCUT2D eigenvalue weighted by Crippen LogP contribution is -2.32. The standard InChI is InChI=1S/C19H26N/c1-13-10-11-20(7)18(15(13)3)17-9-8-16(12-14(17)2)19(4,5)6/h8-12H,1-7H3/q+1. The maximum absolute atomic E-state index is 2.33. The fourth-order valence-electron chi connectivity index (χ4n) is 2.66. The molecule has 0 atom stereocenters. The molecule has 1 heteroatoms. The van der Waals surface area contributed by atoms with E-state index < -0.39 is 0 Å². The second-order valence-corrected chi connectivity index (χ2v) is 6.86. The summed E-state index contributed by atoms with van der Waals surface area (Å²) in [6.07, 6.45) is 2.15. The molecule has 0 aliphatic carbocycles. The molecule has 1 aromatic heterocycles. The zero-order chi connectivity index (χ0) is 15.1. The minimum atomic E-state index is 0.202. The molecule has 0 saturated heterocycles. The van der Waals surface area contributed by atoms with Gasteiger partial charge < -0.3 is 0 Å². The van der Waals surface area contributed by atoms with E-state index in [9.17, 15) is 0 Å². The molecule has 0 bridgehead atoms. The second kappa shape index (κ2) is 5.05. The Bertz CT molecular complexity index is 646. The van der Waals surface area contributed by atoms with Crippen molar-refractivity contribution in [3.8, 4) is 11.3 Å². The quantitative estimate of drug-likeness (QED) is 0.675. The zero-order valence-corrected chi connectivity index (χ0v) is 13.8. The van der Waals surface area contributed by atoms with Crippen LogP contribution in [-0.2, 0) is 12.5 Å². The summed E-state index contributed by atoms with van der Waals surface area (Å²) < 4.78 is 2.22. The molecular formula is C19H26N+. The molecule has 106 valence electrons. The fraction of sp³-hybridized carbons (Fsp3) is 0.421. The highest BCUT2D eigenvalue weighted by molar-refractivity contribution is 5.65. The number of benzene rings is 1. The first-order valence-corrected chi connectivity index (χ1v) is 7.29. The van der Waals surface area contributed by atoms with Gasteiger partial charge in [-0.2, -0.15) is 0 Å². The number of aryl methyl sites for hydroxylation is 3. The SMILES string of the molecule is Cc1cc(C(C)(C)C)ccc1-c1c(C)c(C)cc[n+]1C. The number of rotatable bonds is 1. The lowest BCUT2D eigenvalue weighted by molar-refractivity contribution is -0.660. The highest BCUT2D eigenvalue weighted by atomic mass is 14.9. The van der Waals surface area contributed by atoms with Gasteiger partial charge in [0, 0.05) is 17.2 Å². The van der Waals surface area contributed by atoms with Crippen LogP contribution in [0.2, 0.25) is 0 Å². The van der Waals surface area contributed by atoms with Crippen LogP contribution in [-0.4, -0.2) is 0 Å². The first kappa shape index (κ1) is 14.8. The van der Waals surface area contributed by atoms with Crippen LogP contribution in [0.15, 0.2) is 30.5 Å². The van der Waals surface area contributed by atoms with Gasteiger partial charge in [-0.05, 0) is 48.9 Å². The second-order valence-electron chi connectivity index (χ2n) is 6.86. The van der Waals surface area contributed by atoms with Gasteiger partial charge in [0.1, 0.15) is 7.05 Å². The topological polar surface area (TPSA) is 3.88 Å². The fourth-order valence-corrected chi connectivity index (χ4v) is 2.66. The summed E-state index contributed by atoms with van der Waals surface area (Å²) in [7, 11) is 2.12. The monoisotopic (exact) mass is 268 g/mol. The Balaban J connectivity index is 2.64. The molecule has 0 unspecified atom stereocenters. The predicted octanol–water partition coefficient (Wildman–Crippen LogP) is 4.40. The first-order valence-electron chi connectivity index (χ1n) is 7.29. The van der Waals surface area contributed by atoms with Gasteiger partial charge in [0.05, 0.1) is 0 Å². The average molecular weight is 268 g/mol. The summed E-state index contributed by atoms with van der Waals surface area (Å²) in [5.74, 6) is 0. The molecule has 0 amide bonds. The lowest BCUT2D eigenvalue weighted by atomic mass is 9.84. The first-order chi connectivity index (χ1) is 9.21. The Morgan fingerprint density at radius 1 is 0.900 bits per heavy atom. The van der Waals surface area contributed by atoms with Crippen LogP contribution in [0.4, 0.5) is 0 Å². The van der Waals surface area contributed by atoms with Crippen molar-refractivity contribution < 1.29 is 4.57 Å². The molecule has 0 radical (unpaired) electrons. The minimum Gasteiger partial charge on any atom is -0.201 e. The summed E-state index contributed by atoms with van der Waals surface area (Å²) in [5, 5.41) is 0. The van der Waals surface area contributed by atoms with Crippen LogP contribution in [0.5, 0.6) is 0 Å². The maximum atomic E-state index is 2.33. The largest absolute Gasteiger partial charge is 0.215 e. The Morgan fingerprint density at radius 3 is 2.10 bits per heavy atom. The molecule has 0 aliphatic rings. The Labute approximate surface area is 123 Å². The van der Waals surface area contributed by atoms with Gasteiger partial charge in [0.15, 0.2) is 6.20 Å². The van der Waals surface area contributed by atoms with Crippen LogP contribution >= 0.6 is 0 Å². The molecule has 2 aromatic rings. The van der Waals surface area contributed by atoms with E-state index in [2.05, 4.69) is 83.6 Å². The Morgan fingerprint density at radius 2 is 1.55 bits per heavy atom. The normalized spacial score (nSPS) is 11.8. The third-order valence-electron chi connectivity index (χ3n) is 4.20. The van der Waals surface area contributed by atoms with E-state index in [1.54, 1.807) is 0 Å². The summed E-state index contributed by atoms with van der Waals surface area (Å²) >= 11 is 0. The molecule has 0 N–H and O–H groups in total. The molecule has 20 heavy (non-hydrogen) atoms. The van der Waals surface area contributed by atoms with Crippen molar-refractivity contribution in [3.63, 3.8) is 0 Å². The Kier molecular flexibility index (Phi) is 3.73. The third kappa shape index (κ3) is 2.63. The van der Waals surface area contributed by atoms with Gasteiger partial charge in [0.25, 0.3) is 0 Å². The van der Waals surface area contributed by atoms with Crippen LogP contribution < -0.4 is 4.57 Å². The van der Waals surface area contributed by atoms with Crippen molar-refractivity contribution in [2.75, 3.05) is 0 Å². The highest BCUT2D eigenvalue weighted by Crippen LogP contribution is 2.29. The van der Waals surface area contributed by atoms with Gasteiger partial charge in [-0.15, -0.1) is 0 Å². The molecule has 1 heterocycles. The van der Waals surface area contributed by atoms with E-state index in [1.165, 1.54) is 33.5 Å². The van der Waals surface area contributed by atoms with E-state index in [-0.39, 0.29) is 5.41 Å². The number of nitrogens with zero attached hydrogens (tertiary/aromatic N) is 1. The molecule has 1 nitrogen and oxygen atoms in total. The smallest absolute Gasteiger partial charge is 0.201 e. The predicted molar refractivity (Wildman–Crippen MR) is 86.0 cm³/mol. The number of hydrogen-bond acceptors (Lipinski definition) is 0.